The van der Waals surface area contributed by atoms with Crippen LogP contribution in [-0.2, 0) is 6.42 Å². The normalized spacial score (nSPS) is 11.5. The minimum Gasteiger partial charge on any atom is -0.507 e. The largest absolute Gasteiger partial charge is 0.507 e. The minimum absolute atomic E-state index is 0.343. The first kappa shape index (κ1) is 11.0. The summed E-state index contributed by atoms with van der Waals surface area (Å²) < 4.78 is 2.24. The van der Waals surface area contributed by atoms with Crippen LogP contribution in [0.5, 0.6) is 5.75 Å². The van der Waals surface area contributed by atoms with Crippen LogP contribution in [-0.4, -0.2) is 16.2 Å². The first-order valence-electron chi connectivity index (χ1n) is 5.67. The molecule has 2 aromatic rings. The molecule has 86 valence electrons. The van der Waals surface area contributed by atoms with Crippen LogP contribution >= 0.6 is 0 Å². The molecule has 1 aromatic heterocycles. The zero-order valence-electron chi connectivity index (χ0n) is 9.77. The lowest BCUT2D eigenvalue weighted by molar-refractivity contribution is 0.481. The molecular formula is C13H18N2O. The first-order valence-corrected chi connectivity index (χ1v) is 5.67. The molecule has 16 heavy (non-hydrogen) atoms. The summed E-state index contributed by atoms with van der Waals surface area (Å²) in [5.41, 5.74) is 7.88. The maximum absolute atomic E-state index is 9.81. The van der Waals surface area contributed by atoms with Gasteiger partial charge in [-0.05, 0) is 45.0 Å². The summed E-state index contributed by atoms with van der Waals surface area (Å²) in [6.07, 6.45) is 0.840. The van der Waals surface area contributed by atoms with Crippen molar-refractivity contribution in [2.24, 2.45) is 5.73 Å². The van der Waals surface area contributed by atoms with Crippen molar-refractivity contribution < 1.29 is 5.11 Å². The summed E-state index contributed by atoms with van der Waals surface area (Å²) in [6.45, 7) is 4.91. The quantitative estimate of drug-likeness (QED) is 0.831. The SMILES string of the molecule is CC(C)n1c(CCN)cc2c(O)cccc21. The van der Waals surface area contributed by atoms with Gasteiger partial charge in [0.05, 0.1) is 5.52 Å². The lowest BCUT2D eigenvalue weighted by Crippen LogP contribution is -2.10. The third-order valence-corrected chi connectivity index (χ3v) is 2.86. The van der Waals surface area contributed by atoms with Gasteiger partial charge in [-0.2, -0.15) is 0 Å². The van der Waals surface area contributed by atoms with Crippen molar-refractivity contribution in [3.63, 3.8) is 0 Å². The molecule has 0 spiro atoms. The fraction of sp³-hybridized carbons (Fsp3) is 0.385. The van der Waals surface area contributed by atoms with Crippen molar-refractivity contribution >= 4 is 10.9 Å². The second-order valence-corrected chi connectivity index (χ2v) is 4.35. The monoisotopic (exact) mass is 218 g/mol. The highest BCUT2D eigenvalue weighted by atomic mass is 16.3. The zero-order valence-corrected chi connectivity index (χ0v) is 9.77. The van der Waals surface area contributed by atoms with Gasteiger partial charge in [-0.3, -0.25) is 0 Å². The number of phenolic OH excluding ortho intramolecular Hbond substituents is 1. The lowest BCUT2D eigenvalue weighted by Gasteiger charge is -2.14. The van der Waals surface area contributed by atoms with E-state index in [0.717, 1.165) is 17.3 Å². The summed E-state index contributed by atoms with van der Waals surface area (Å²) in [7, 11) is 0. The highest BCUT2D eigenvalue weighted by Crippen LogP contribution is 2.30. The number of aromatic nitrogens is 1. The number of fused-ring (bicyclic) bond motifs is 1. The van der Waals surface area contributed by atoms with Gasteiger partial charge in [0.2, 0.25) is 0 Å². The average Bonchev–Trinajstić information content (AvgIpc) is 2.58. The predicted octanol–water partition coefficient (Wildman–Crippen LogP) is 2.43. The third-order valence-electron chi connectivity index (χ3n) is 2.86. The molecule has 2 rings (SSSR count). The smallest absolute Gasteiger partial charge is 0.124 e. The Balaban J connectivity index is 2.70. The highest BCUT2D eigenvalue weighted by Gasteiger charge is 2.12. The molecule has 0 saturated carbocycles. The summed E-state index contributed by atoms with van der Waals surface area (Å²) in [5.74, 6) is 0.343. The van der Waals surface area contributed by atoms with Gasteiger partial charge < -0.3 is 15.4 Å². The van der Waals surface area contributed by atoms with Gasteiger partial charge in [0, 0.05) is 17.1 Å². The topological polar surface area (TPSA) is 51.2 Å². The van der Waals surface area contributed by atoms with Crippen molar-refractivity contribution in [1.82, 2.24) is 4.57 Å². The van der Waals surface area contributed by atoms with Gasteiger partial charge in [0.25, 0.3) is 0 Å². The van der Waals surface area contributed by atoms with Crippen LogP contribution in [0, 0.1) is 0 Å². The van der Waals surface area contributed by atoms with Crippen LogP contribution in [0.1, 0.15) is 25.6 Å². The number of rotatable bonds is 3. The molecule has 0 aliphatic carbocycles. The van der Waals surface area contributed by atoms with E-state index in [4.69, 9.17) is 5.73 Å². The number of hydrogen-bond donors (Lipinski definition) is 2. The second-order valence-electron chi connectivity index (χ2n) is 4.35. The summed E-state index contributed by atoms with van der Waals surface area (Å²) in [6, 6.07) is 8.05. The maximum atomic E-state index is 9.81. The molecule has 0 amide bonds. The molecule has 3 nitrogen and oxygen atoms in total. The number of nitrogens with two attached hydrogens (primary N) is 1. The molecule has 1 heterocycles. The molecule has 0 aliphatic heterocycles. The highest BCUT2D eigenvalue weighted by molar-refractivity contribution is 5.87. The number of hydrogen-bond acceptors (Lipinski definition) is 2. The van der Waals surface area contributed by atoms with Crippen LogP contribution < -0.4 is 5.73 Å². The standard InChI is InChI=1S/C13H18N2O/c1-9(2)15-10(6-7-14)8-11-12(15)4-3-5-13(11)16/h3-5,8-9,16H,6-7,14H2,1-2H3. The van der Waals surface area contributed by atoms with Crippen LogP contribution in [0.4, 0.5) is 0 Å². The predicted molar refractivity (Wildman–Crippen MR) is 66.7 cm³/mol. The van der Waals surface area contributed by atoms with Crippen LogP contribution in [0.2, 0.25) is 0 Å². The van der Waals surface area contributed by atoms with E-state index in [1.807, 2.05) is 18.2 Å². The van der Waals surface area contributed by atoms with E-state index >= 15 is 0 Å². The van der Waals surface area contributed by atoms with Crippen LogP contribution in [0.15, 0.2) is 24.3 Å². The lowest BCUT2D eigenvalue weighted by atomic mass is 10.2. The average molecular weight is 218 g/mol. The van der Waals surface area contributed by atoms with Gasteiger partial charge in [-0.1, -0.05) is 6.07 Å². The summed E-state index contributed by atoms with van der Waals surface area (Å²) in [4.78, 5) is 0. The molecular weight excluding hydrogens is 200 g/mol. The van der Waals surface area contributed by atoms with Crippen LogP contribution in [0.25, 0.3) is 10.9 Å². The van der Waals surface area contributed by atoms with E-state index in [2.05, 4.69) is 18.4 Å². The van der Waals surface area contributed by atoms with Crippen molar-refractivity contribution in [3.05, 3.63) is 30.0 Å². The Morgan fingerprint density at radius 2 is 2.12 bits per heavy atom. The van der Waals surface area contributed by atoms with Gasteiger partial charge in [-0.25, -0.2) is 0 Å². The van der Waals surface area contributed by atoms with E-state index < -0.39 is 0 Å². The van der Waals surface area contributed by atoms with Crippen molar-refractivity contribution in [2.75, 3.05) is 6.54 Å². The first-order chi connectivity index (χ1) is 7.65. The number of nitrogens with zero attached hydrogens (tertiary/aromatic N) is 1. The molecule has 0 fully saturated rings. The van der Waals surface area contributed by atoms with Gasteiger partial charge in [0.1, 0.15) is 5.75 Å². The maximum Gasteiger partial charge on any atom is 0.124 e. The Labute approximate surface area is 95.5 Å². The van der Waals surface area contributed by atoms with E-state index in [9.17, 15) is 5.11 Å². The molecule has 1 aromatic carbocycles. The van der Waals surface area contributed by atoms with Gasteiger partial charge in [0.15, 0.2) is 0 Å². The molecule has 3 heteroatoms. The van der Waals surface area contributed by atoms with E-state index in [0.29, 0.717) is 18.3 Å². The minimum atomic E-state index is 0.343. The Kier molecular flexibility index (Phi) is 2.88. The van der Waals surface area contributed by atoms with E-state index in [1.165, 1.54) is 5.69 Å². The molecule has 0 saturated heterocycles. The molecule has 0 atom stereocenters. The zero-order chi connectivity index (χ0) is 11.7. The summed E-state index contributed by atoms with van der Waals surface area (Å²) >= 11 is 0. The molecule has 0 unspecified atom stereocenters. The molecule has 3 N–H and O–H groups in total. The molecule has 0 aliphatic rings. The third kappa shape index (κ3) is 1.67. The molecule has 0 radical (unpaired) electrons. The van der Waals surface area contributed by atoms with E-state index in [1.54, 1.807) is 6.07 Å². The Morgan fingerprint density at radius 1 is 1.38 bits per heavy atom. The number of aromatic hydroxyl groups is 1. The molecule has 0 bridgehead atoms. The van der Waals surface area contributed by atoms with Gasteiger partial charge in [-0.15, -0.1) is 0 Å². The Morgan fingerprint density at radius 3 is 2.75 bits per heavy atom. The number of benzene rings is 1. The van der Waals surface area contributed by atoms with Crippen molar-refractivity contribution in [1.29, 1.82) is 0 Å². The van der Waals surface area contributed by atoms with Crippen molar-refractivity contribution in [2.45, 2.75) is 26.3 Å². The van der Waals surface area contributed by atoms with Crippen LogP contribution in [0.3, 0.4) is 0 Å². The Hall–Kier alpha value is -1.48. The Bertz CT molecular complexity index is 500. The second kappa shape index (κ2) is 4.18. The summed E-state index contributed by atoms with van der Waals surface area (Å²) in [5, 5.41) is 10.7. The van der Waals surface area contributed by atoms with Crippen molar-refractivity contribution in [3.8, 4) is 5.75 Å². The fourth-order valence-corrected chi connectivity index (χ4v) is 2.24. The van der Waals surface area contributed by atoms with Gasteiger partial charge >= 0.3 is 0 Å². The fourth-order valence-electron chi connectivity index (χ4n) is 2.24. The number of phenols is 1. The van der Waals surface area contributed by atoms with E-state index in [-0.39, 0.29) is 0 Å².